The van der Waals surface area contributed by atoms with Crippen molar-refractivity contribution in [1.29, 1.82) is 5.26 Å². The molecule has 0 aliphatic carbocycles. The molecule has 162 valence electrons. The van der Waals surface area contributed by atoms with E-state index in [9.17, 15) is 10.4 Å². The smallest absolute Gasteiger partial charge is 0.191 e. The molecule has 0 fully saturated rings. The van der Waals surface area contributed by atoms with Crippen LogP contribution >= 0.6 is 34.7 Å². The lowest BCUT2D eigenvalue weighted by Crippen LogP contribution is -2.08. The number of fused-ring (bicyclic) bond motifs is 1. The third kappa shape index (κ3) is 4.58. The number of nitriles is 1. The first-order valence-electron chi connectivity index (χ1n) is 9.59. The summed E-state index contributed by atoms with van der Waals surface area (Å²) in [6.45, 7) is 2.00. The molecule has 2 heterocycles. The molecule has 1 atom stereocenters. The number of aliphatic hydroxyl groups excluding tert-OH is 1. The van der Waals surface area contributed by atoms with Gasteiger partial charge in [-0.25, -0.2) is 4.98 Å². The molecular weight excluding hydrogens is 466 g/mol. The van der Waals surface area contributed by atoms with E-state index in [0.29, 0.717) is 26.8 Å². The molecule has 0 amide bonds. The lowest BCUT2D eigenvalue weighted by atomic mass is 10.2. The van der Waals surface area contributed by atoms with Gasteiger partial charge in [0.15, 0.2) is 11.0 Å². The summed E-state index contributed by atoms with van der Waals surface area (Å²) in [7, 11) is 1.82. The van der Waals surface area contributed by atoms with E-state index < -0.39 is 5.25 Å². The summed E-state index contributed by atoms with van der Waals surface area (Å²) in [6, 6.07) is 16.9. The van der Waals surface area contributed by atoms with Crippen molar-refractivity contribution in [2.45, 2.75) is 23.9 Å². The van der Waals surface area contributed by atoms with Crippen LogP contribution in [0, 0.1) is 11.3 Å². The van der Waals surface area contributed by atoms with Crippen LogP contribution in [0.3, 0.4) is 0 Å². The van der Waals surface area contributed by atoms with Crippen LogP contribution in [0.25, 0.3) is 15.8 Å². The number of aliphatic hydroxyl groups is 1. The van der Waals surface area contributed by atoms with E-state index in [2.05, 4.69) is 21.3 Å². The van der Waals surface area contributed by atoms with E-state index >= 15 is 0 Å². The number of rotatable bonds is 7. The molecule has 7 nitrogen and oxygen atoms in total. The van der Waals surface area contributed by atoms with Crippen molar-refractivity contribution < 1.29 is 9.84 Å². The quantitative estimate of drug-likeness (QED) is 0.206. The van der Waals surface area contributed by atoms with Gasteiger partial charge in [-0.15, -0.1) is 21.5 Å². The first kappa shape index (κ1) is 22.1. The summed E-state index contributed by atoms with van der Waals surface area (Å²) < 4.78 is 8.48. The molecule has 0 saturated heterocycles. The average Bonchev–Trinajstić information content (AvgIpc) is 3.37. The largest absolute Gasteiger partial charge is 0.510 e. The van der Waals surface area contributed by atoms with E-state index in [1.165, 1.54) is 23.1 Å². The van der Waals surface area contributed by atoms with Crippen LogP contribution in [0.1, 0.15) is 17.8 Å². The van der Waals surface area contributed by atoms with Crippen molar-refractivity contribution in [3.63, 3.8) is 0 Å². The Bertz CT molecular complexity index is 1310. The SMILES string of the molecule is CC(Sc1nnc(COc2ccccc2Cl)n1C)/C(O)=C(\C#N)c1nc2ccccc2s1. The number of aromatic nitrogens is 4. The van der Waals surface area contributed by atoms with Gasteiger partial charge in [-0.05, 0) is 31.2 Å². The maximum Gasteiger partial charge on any atom is 0.191 e. The molecule has 0 spiro atoms. The number of thioether (sulfide) groups is 1. The van der Waals surface area contributed by atoms with Gasteiger partial charge in [-0.3, -0.25) is 0 Å². The molecule has 2 aromatic heterocycles. The van der Waals surface area contributed by atoms with Crippen LogP contribution in [0.4, 0.5) is 0 Å². The Balaban J connectivity index is 1.51. The highest BCUT2D eigenvalue weighted by molar-refractivity contribution is 7.99. The lowest BCUT2D eigenvalue weighted by Gasteiger charge is -2.12. The van der Waals surface area contributed by atoms with Crippen LogP contribution in [0.5, 0.6) is 5.75 Å². The standard InChI is InChI=1S/C22H18ClN5O2S2/c1-13(20(29)14(11-24)21-25-16-8-4-6-10-18(16)32-21)31-22-27-26-19(28(22)2)12-30-17-9-5-3-7-15(17)23/h3-10,13,29H,12H2,1-2H3/b20-14-. The molecule has 4 rings (SSSR count). The first-order chi connectivity index (χ1) is 15.5. The average molecular weight is 484 g/mol. The number of hydrogen-bond acceptors (Lipinski definition) is 8. The normalized spacial score (nSPS) is 12.9. The van der Waals surface area contributed by atoms with E-state index in [1.807, 2.05) is 43.4 Å². The zero-order valence-corrected chi connectivity index (χ0v) is 19.6. The fourth-order valence-corrected chi connectivity index (χ4v) is 4.95. The second-order valence-electron chi connectivity index (χ2n) is 6.80. The van der Waals surface area contributed by atoms with Crippen LogP contribution in [-0.4, -0.2) is 30.1 Å². The second kappa shape index (κ2) is 9.61. The third-order valence-electron chi connectivity index (χ3n) is 4.66. The number of hydrogen-bond donors (Lipinski definition) is 1. The van der Waals surface area contributed by atoms with Crippen LogP contribution in [0.2, 0.25) is 5.02 Å². The third-order valence-corrected chi connectivity index (χ3v) is 7.17. The molecule has 4 aromatic rings. The van der Waals surface area contributed by atoms with E-state index in [4.69, 9.17) is 16.3 Å². The summed E-state index contributed by atoms with van der Waals surface area (Å²) in [4.78, 5) is 4.48. The Morgan fingerprint density at radius 1 is 1.25 bits per heavy atom. The van der Waals surface area contributed by atoms with Gasteiger partial charge in [-0.2, -0.15) is 5.26 Å². The van der Waals surface area contributed by atoms with Crippen molar-refractivity contribution in [1.82, 2.24) is 19.7 Å². The molecule has 1 unspecified atom stereocenters. The lowest BCUT2D eigenvalue weighted by molar-refractivity contribution is 0.290. The Kier molecular flexibility index (Phi) is 6.65. The van der Waals surface area contributed by atoms with Gasteiger partial charge in [-0.1, -0.05) is 47.6 Å². The highest BCUT2D eigenvalue weighted by Crippen LogP contribution is 2.33. The predicted molar refractivity (Wildman–Crippen MR) is 127 cm³/mol. The van der Waals surface area contributed by atoms with Gasteiger partial charge >= 0.3 is 0 Å². The van der Waals surface area contributed by atoms with Gasteiger partial charge in [0.25, 0.3) is 0 Å². The molecule has 0 saturated carbocycles. The summed E-state index contributed by atoms with van der Waals surface area (Å²) in [5, 5.41) is 30.0. The van der Waals surface area contributed by atoms with Gasteiger partial charge < -0.3 is 14.4 Å². The number of nitrogens with zero attached hydrogens (tertiary/aromatic N) is 5. The van der Waals surface area contributed by atoms with Crippen LogP contribution in [0.15, 0.2) is 59.4 Å². The zero-order valence-electron chi connectivity index (χ0n) is 17.2. The van der Waals surface area contributed by atoms with Crippen molar-refractivity contribution in [2.75, 3.05) is 0 Å². The Hall–Kier alpha value is -3.06. The minimum Gasteiger partial charge on any atom is -0.510 e. The molecular formula is C22H18ClN5O2S2. The van der Waals surface area contributed by atoms with E-state index in [-0.39, 0.29) is 17.9 Å². The molecule has 0 bridgehead atoms. The summed E-state index contributed by atoms with van der Waals surface area (Å²) >= 11 is 8.79. The molecule has 0 aliphatic heterocycles. The van der Waals surface area contributed by atoms with Gasteiger partial charge in [0.05, 0.1) is 20.5 Å². The fraction of sp³-hybridized carbons (Fsp3) is 0.182. The molecule has 32 heavy (non-hydrogen) atoms. The fourth-order valence-electron chi connectivity index (χ4n) is 2.89. The van der Waals surface area contributed by atoms with E-state index in [1.54, 1.807) is 23.6 Å². The van der Waals surface area contributed by atoms with Crippen molar-refractivity contribution in [3.8, 4) is 11.8 Å². The molecule has 1 N–H and O–H groups in total. The Morgan fingerprint density at radius 3 is 2.75 bits per heavy atom. The molecule has 0 radical (unpaired) electrons. The van der Waals surface area contributed by atoms with Crippen LogP contribution < -0.4 is 4.74 Å². The topological polar surface area (TPSA) is 96.9 Å². The Labute approximate surface area is 198 Å². The summed E-state index contributed by atoms with van der Waals surface area (Å²) in [6.07, 6.45) is 0. The highest BCUT2D eigenvalue weighted by atomic mass is 35.5. The van der Waals surface area contributed by atoms with Gasteiger partial charge in [0, 0.05) is 7.05 Å². The maximum absolute atomic E-state index is 10.8. The zero-order chi connectivity index (χ0) is 22.7. The number of thiazole rings is 1. The number of halogens is 1. The van der Waals surface area contributed by atoms with Crippen molar-refractivity contribution in [3.05, 3.63) is 70.1 Å². The number of benzene rings is 2. The molecule has 10 heteroatoms. The van der Waals surface area contributed by atoms with E-state index in [0.717, 1.165) is 10.2 Å². The Morgan fingerprint density at radius 2 is 2.00 bits per heavy atom. The molecule has 2 aromatic carbocycles. The van der Waals surface area contributed by atoms with Crippen LogP contribution in [-0.2, 0) is 13.7 Å². The second-order valence-corrected chi connectivity index (χ2v) is 9.54. The summed E-state index contributed by atoms with van der Waals surface area (Å²) in [5.41, 5.74) is 0.959. The number of ether oxygens (including phenoxy) is 1. The number of para-hydroxylation sites is 2. The van der Waals surface area contributed by atoms with Crippen molar-refractivity contribution >= 4 is 50.5 Å². The van der Waals surface area contributed by atoms with Gasteiger partial charge in [0.1, 0.15) is 34.8 Å². The number of allylic oxidation sites excluding steroid dienone is 1. The van der Waals surface area contributed by atoms with Gasteiger partial charge in [0.2, 0.25) is 0 Å². The minimum atomic E-state index is -0.433. The maximum atomic E-state index is 10.8. The summed E-state index contributed by atoms with van der Waals surface area (Å²) in [5.74, 6) is 1.12. The van der Waals surface area contributed by atoms with Crippen molar-refractivity contribution in [2.24, 2.45) is 7.05 Å². The molecule has 0 aliphatic rings. The highest BCUT2D eigenvalue weighted by Gasteiger charge is 2.22. The first-order valence-corrected chi connectivity index (χ1v) is 11.7. The minimum absolute atomic E-state index is 0.0478. The predicted octanol–water partition coefficient (Wildman–Crippen LogP) is 5.63. The monoisotopic (exact) mass is 483 g/mol.